The Labute approximate surface area is 149 Å². The minimum atomic E-state index is -0.686. The zero-order valence-electron chi connectivity index (χ0n) is 14.0. The topological polar surface area (TPSA) is 29.0 Å². The highest BCUT2D eigenvalue weighted by molar-refractivity contribution is 5.92. The van der Waals surface area contributed by atoms with Gasteiger partial charge in [-0.05, 0) is 36.4 Å². The van der Waals surface area contributed by atoms with E-state index in [2.05, 4.69) is 9.97 Å². The molecule has 0 radical (unpaired) electrons. The van der Waals surface area contributed by atoms with E-state index in [0.29, 0.717) is 11.3 Å². The van der Waals surface area contributed by atoms with Gasteiger partial charge in [-0.3, -0.25) is 0 Å². The molecule has 0 aliphatic rings. The molecule has 0 fully saturated rings. The van der Waals surface area contributed by atoms with Crippen molar-refractivity contribution in [1.29, 1.82) is 0 Å². The lowest BCUT2D eigenvalue weighted by atomic mass is 10.1. The zero-order chi connectivity index (χ0) is 18.1. The molecular weight excluding hydrogens is 332 g/mol. The minimum Gasteiger partial charge on any atom is -0.329 e. The summed E-state index contributed by atoms with van der Waals surface area (Å²) in [6, 6.07) is 20.7. The van der Waals surface area contributed by atoms with Gasteiger partial charge in [-0.1, -0.05) is 30.3 Å². The minimum absolute atomic E-state index is 0.167. The number of halogens is 2. The van der Waals surface area contributed by atoms with Crippen LogP contribution in [0.4, 0.5) is 20.3 Å². The average Bonchev–Trinajstić information content (AvgIpc) is 2.67. The van der Waals surface area contributed by atoms with Crippen LogP contribution in [0.3, 0.4) is 0 Å². The van der Waals surface area contributed by atoms with Crippen LogP contribution in [0.25, 0.3) is 22.3 Å². The maximum Gasteiger partial charge on any atom is 0.165 e. The standard InChI is InChI=1S/C21H15F2N3/c1-26(15-7-3-2-4-8-15)21-17-9-5-6-10-19(17)24-20(25-21)16-12-11-14(22)13-18(16)23/h2-13H,1H3. The Morgan fingerprint density at radius 3 is 2.31 bits per heavy atom. The monoisotopic (exact) mass is 347 g/mol. The van der Waals surface area contributed by atoms with Gasteiger partial charge in [0.2, 0.25) is 0 Å². The molecule has 3 aromatic carbocycles. The molecule has 0 N–H and O–H groups in total. The Bertz CT molecular complexity index is 1080. The van der Waals surface area contributed by atoms with Crippen LogP contribution in [-0.2, 0) is 0 Å². The second kappa shape index (κ2) is 6.52. The van der Waals surface area contributed by atoms with Gasteiger partial charge in [0.15, 0.2) is 5.82 Å². The smallest absolute Gasteiger partial charge is 0.165 e. The number of benzene rings is 3. The van der Waals surface area contributed by atoms with E-state index in [1.165, 1.54) is 12.1 Å². The molecule has 4 aromatic rings. The van der Waals surface area contributed by atoms with Gasteiger partial charge < -0.3 is 4.90 Å². The Balaban J connectivity index is 1.94. The van der Waals surface area contributed by atoms with Crippen molar-refractivity contribution in [2.75, 3.05) is 11.9 Å². The summed E-state index contributed by atoms with van der Waals surface area (Å²) >= 11 is 0. The van der Waals surface area contributed by atoms with Gasteiger partial charge in [0.1, 0.15) is 17.5 Å². The van der Waals surface area contributed by atoms with Gasteiger partial charge >= 0.3 is 0 Å². The van der Waals surface area contributed by atoms with Gasteiger partial charge in [0, 0.05) is 24.2 Å². The number of fused-ring (bicyclic) bond motifs is 1. The number of aromatic nitrogens is 2. The number of hydrogen-bond acceptors (Lipinski definition) is 3. The largest absolute Gasteiger partial charge is 0.329 e. The van der Waals surface area contributed by atoms with Crippen molar-refractivity contribution in [2.45, 2.75) is 0 Å². The van der Waals surface area contributed by atoms with E-state index in [1.807, 2.05) is 66.5 Å². The number of anilines is 2. The van der Waals surface area contributed by atoms with Crippen LogP contribution in [-0.4, -0.2) is 17.0 Å². The van der Waals surface area contributed by atoms with E-state index in [1.54, 1.807) is 0 Å². The third kappa shape index (κ3) is 2.88. The lowest BCUT2D eigenvalue weighted by Crippen LogP contribution is -2.13. The SMILES string of the molecule is CN(c1ccccc1)c1nc(-c2ccc(F)cc2F)nc2ccccc12. The molecule has 3 nitrogen and oxygen atoms in total. The van der Waals surface area contributed by atoms with Crippen molar-refractivity contribution in [1.82, 2.24) is 9.97 Å². The molecule has 0 amide bonds. The molecule has 0 saturated heterocycles. The second-order valence-electron chi connectivity index (χ2n) is 5.91. The van der Waals surface area contributed by atoms with E-state index in [-0.39, 0.29) is 11.4 Å². The summed E-state index contributed by atoms with van der Waals surface area (Å²) in [6.07, 6.45) is 0. The Kier molecular flexibility index (Phi) is 4.05. The van der Waals surface area contributed by atoms with Crippen molar-refractivity contribution in [3.8, 4) is 11.4 Å². The third-order valence-corrected chi connectivity index (χ3v) is 4.22. The average molecular weight is 347 g/mol. The molecule has 0 bridgehead atoms. The molecule has 5 heteroatoms. The lowest BCUT2D eigenvalue weighted by Gasteiger charge is -2.21. The molecule has 26 heavy (non-hydrogen) atoms. The highest BCUT2D eigenvalue weighted by Crippen LogP contribution is 2.31. The molecule has 0 aliphatic heterocycles. The van der Waals surface area contributed by atoms with Crippen molar-refractivity contribution >= 4 is 22.4 Å². The number of hydrogen-bond donors (Lipinski definition) is 0. The number of rotatable bonds is 3. The van der Waals surface area contributed by atoms with Crippen LogP contribution in [0.1, 0.15) is 0 Å². The molecule has 0 saturated carbocycles. The van der Waals surface area contributed by atoms with Crippen molar-refractivity contribution in [3.63, 3.8) is 0 Å². The highest BCUT2D eigenvalue weighted by Gasteiger charge is 2.16. The van der Waals surface area contributed by atoms with Crippen molar-refractivity contribution in [3.05, 3.63) is 84.4 Å². The Morgan fingerprint density at radius 2 is 1.54 bits per heavy atom. The van der Waals surface area contributed by atoms with Gasteiger partial charge in [0.25, 0.3) is 0 Å². The van der Waals surface area contributed by atoms with E-state index < -0.39 is 11.6 Å². The van der Waals surface area contributed by atoms with Crippen LogP contribution in [0.2, 0.25) is 0 Å². The fourth-order valence-corrected chi connectivity index (χ4v) is 2.88. The van der Waals surface area contributed by atoms with Crippen LogP contribution >= 0.6 is 0 Å². The molecule has 0 aliphatic carbocycles. The predicted molar refractivity (Wildman–Crippen MR) is 99.4 cm³/mol. The lowest BCUT2D eigenvalue weighted by molar-refractivity contribution is 0.585. The zero-order valence-corrected chi connectivity index (χ0v) is 14.0. The maximum atomic E-state index is 14.3. The first-order valence-electron chi connectivity index (χ1n) is 8.14. The predicted octanol–water partition coefficient (Wildman–Crippen LogP) is 5.34. The first-order chi connectivity index (χ1) is 12.6. The van der Waals surface area contributed by atoms with Crippen LogP contribution in [0.15, 0.2) is 72.8 Å². The Morgan fingerprint density at radius 1 is 0.808 bits per heavy atom. The number of para-hydroxylation sites is 2. The first-order valence-corrected chi connectivity index (χ1v) is 8.14. The number of nitrogens with zero attached hydrogens (tertiary/aromatic N) is 3. The fraction of sp³-hybridized carbons (Fsp3) is 0.0476. The molecule has 128 valence electrons. The molecular formula is C21H15F2N3. The summed E-state index contributed by atoms with van der Waals surface area (Å²) in [5.74, 6) is -0.443. The summed E-state index contributed by atoms with van der Waals surface area (Å²) in [7, 11) is 1.90. The molecule has 0 spiro atoms. The van der Waals surface area contributed by atoms with E-state index in [9.17, 15) is 8.78 Å². The van der Waals surface area contributed by atoms with Gasteiger partial charge in [-0.25, -0.2) is 18.7 Å². The van der Waals surface area contributed by atoms with Crippen LogP contribution < -0.4 is 4.90 Å². The van der Waals surface area contributed by atoms with Crippen molar-refractivity contribution < 1.29 is 8.78 Å². The first kappa shape index (κ1) is 16.1. The van der Waals surface area contributed by atoms with Crippen LogP contribution in [0, 0.1) is 11.6 Å². The molecule has 0 atom stereocenters. The van der Waals surface area contributed by atoms with E-state index >= 15 is 0 Å². The van der Waals surface area contributed by atoms with Gasteiger partial charge in [-0.2, -0.15) is 0 Å². The second-order valence-corrected chi connectivity index (χ2v) is 5.91. The van der Waals surface area contributed by atoms with E-state index in [4.69, 9.17) is 0 Å². The normalized spacial score (nSPS) is 10.9. The molecule has 1 heterocycles. The fourth-order valence-electron chi connectivity index (χ4n) is 2.88. The van der Waals surface area contributed by atoms with Gasteiger partial charge in [0.05, 0.1) is 11.1 Å². The van der Waals surface area contributed by atoms with Gasteiger partial charge in [-0.15, -0.1) is 0 Å². The maximum absolute atomic E-state index is 14.3. The summed E-state index contributed by atoms with van der Waals surface area (Å²) in [4.78, 5) is 11.0. The third-order valence-electron chi connectivity index (χ3n) is 4.22. The quantitative estimate of drug-likeness (QED) is 0.501. The summed E-state index contributed by atoms with van der Waals surface area (Å²) in [6.45, 7) is 0. The summed E-state index contributed by atoms with van der Waals surface area (Å²) < 4.78 is 27.5. The molecule has 0 unspecified atom stereocenters. The summed E-state index contributed by atoms with van der Waals surface area (Å²) in [5, 5.41) is 0.852. The Hall–Kier alpha value is -3.34. The van der Waals surface area contributed by atoms with Crippen molar-refractivity contribution in [2.24, 2.45) is 0 Å². The summed E-state index contributed by atoms with van der Waals surface area (Å²) in [5.41, 5.74) is 1.81. The van der Waals surface area contributed by atoms with E-state index in [0.717, 1.165) is 17.1 Å². The van der Waals surface area contributed by atoms with Crippen LogP contribution in [0.5, 0.6) is 0 Å². The highest BCUT2D eigenvalue weighted by atomic mass is 19.1. The molecule has 1 aromatic heterocycles. The molecule has 4 rings (SSSR count).